The number of hydrogen-bond donors (Lipinski definition) is 3. The third-order valence-electron chi connectivity index (χ3n) is 5.19. The number of nitrogen functional groups attached to an aromatic ring is 1. The Morgan fingerprint density at radius 1 is 1.00 bits per heavy atom. The summed E-state index contributed by atoms with van der Waals surface area (Å²) < 4.78 is 22.2. The minimum Gasteiger partial charge on any atom is -0.493 e. The highest BCUT2D eigenvalue weighted by molar-refractivity contribution is 6.06. The first-order valence-corrected chi connectivity index (χ1v) is 11.6. The Balaban J connectivity index is 1.49. The molecule has 0 spiro atoms. The monoisotopic (exact) mass is 530 g/mol. The molecule has 3 heterocycles. The molecule has 0 saturated carbocycles. The number of aliphatic imine (C=N–C) groups is 1. The van der Waals surface area contributed by atoms with Crippen LogP contribution in [-0.2, 0) is 9.53 Å². The average Bonchev–Trinajstić information content (AvgIpc) is 2.96. The molecule has 1 amide bonds. The highest BCUT2D eigenvalue weighted by atomic mass is 16.5. The van der Waals surface area contributed by atoms with Gasteiger partial charge < -0.3 is 35.7 Å². The molecule has 3 aromatic heterocycles. The van der Waals surface area contributed by atoms with Crippen LogP contribution in [0.4, 0.5) is 17.5 Å². The number of carbonyl (C=O) groups is 1. The van der Waals surface area contributed by atoms with Gasteiger partial charge in [0.25, 0.3) is 5.91 Å². The maximum atomic E-state index is 12.7. The number of hydrogen-bond acceptors (Lipinski definition) is 12. The van der Waals surface area contributed by atoms with Crippen LogP contribution in [0.1, 0.15) is 6.92 Å². The second kappa shape index (κ2) is 12.2. The molecular formula is C26H26N8O5. The van der Waals surface area contributed by atoms with Gasteiger partial charge in [0.15, 0.2) is 23.1 Å². The molecule has 5 N–H and O–H groups in total. The Morgan fingerprint density at radius 3 is 2.46 bits per heavy atom. The van der Waals surface area contributed by atoms with Crippen molar-refractivity contribution in [3.05, 3.63) is 66.6 Å². The van der Waals surface area contributed by atoms with Crippen molar-refractivity contribution < 1.29 is 23.7 Å². The van der Waals surface area contributed by atoms with Gasteiger partial charge in [-0.1, -0.05) is 0 Å². The van der Waals surface area contributed by atoms with Crippen LogP contribution in [0.2, 0.25) is 0 Å². The van der Waals surface area contributed by atoms with E-state index in [9.17, 15) is 4.79 Å². The summed E-state index contributed by atoms with van der Waals surface area (Å²) in [6.45, 7) is 2.01. The topological polar surface area (TPSA) is 182 Å². The normalized spacial score (nSPS) is 11.7. The fourth-order valence-corrected chi connectivity index (χ4v) is 3.34. The molecule has 13 nitrogen and oxygen atoms in total. The molecular weight excluding hydrogens is 504 g/mol. The summed E-state index contributed by atoms with van der Waals surface area (Å²) in [7, 11) is 3.11. The van der Waals surface area contributed by atoms with Crippen molar-refractivity contribution >= 4 is 40.5 Å². The third-order valence-corrected chi connectivity index (χ3v) is 5.19. The number of rotatable bonds is 10. The zero-order valence-electron chi connectivity index (χ0n) is 21.4. The summed E-state index contributed by atoms with van der Waals surface area (Å²) in [5.74, 6) is 2.28. The van der Waals surface area contributed by atoms with Gasteiger partial charge in [-0.25, -0.2) is 19.9 Å². The number of anilines is 2. The summed E-state index contributed by atoms with van der Waals surface area (Å²) in [6, 6.07) is 8.50. The van der Waals surface area contributed by atoms with Crippen LogP contribution in [0.3, 0.4) is 0 Å². The van der Waals surface area contributed by atoms with Gasteiger partial charge in [-0.15, -0.1) is 0 Å². The Labute approximate surface area is 223 Å². The predicted molar refractivity (Wildman–Crippen MR) is 145 cm³/mol. The van der Waals surface area contributed by atoms with E-state index in [0.29, 0.717) is 28.5 Å². The number of aromatic nitrogens is 4. The molecule has 0 unspecified atom stereocenters. The van der Waals surface area contributed by atoms with Crippen molar-refractivity contribution in [2.45, 2.75) is 6.92 Å². The number of benzene rings is 1. The number of carbonyl (C=O) groups excluding carboxylic acids is 1. The molecule has 4 rings (SSSR count). The van der Waals surface area contributed by atoms with E-state index in [0.717, 1.165) is 5.39 Å². The zero-order valence-corrected chi connectivity index (χ0v) is 21.4. The summed E-state index contributed by atoms with van der Waals surface area (Å²) in [4.78, 5) is 33.4. The van der Waals surface area contributed by atoms with Gasteiger partial charge in [0.1, 0.15) is 28.8 Å². The van der Waals surface area contributed by atoms with E-state index < -0.39 is 5.91 Å². The Bertz CT molecular complexity index is 1520. The number of amides is 1. The molecule has 0 radical (unpaired) electrons. The SMILES string of the molecule is CCOC(C=Nc1cnc(N)cn1)=C(N)C(=O)Nc1ccc(Oc2ccnc3cc(OC)c(OC)cc23)cn1. The van der Waals surface area contributed by atoms with Crippen LogP contribution < -0.4 is 31.0 Å². The second-order valence-electron chi connectivity index (χ2n) is 7.74. The van der Waals surface area contributed by atoms with Gasteiger partial charge in [0, 0.05) is 17.6 Å². The van der Waals surface area contributed by atoms with Crippen LogP contribution in [0.15, 0.2) is 71.6 Å². The van der Waals surface area contributed by atoms with Gasteiger partial charge in [-0.05, 0) is 31.2 Å². The Hall–Kier alpha value is -5.46. The van der Waals surface area contributed by atoms with E-state index in [2.05, 4.69) is 30.2 Å². The first kappa shape index (κ1) is 26.6. The molecule has 0 aliphatic heterocycles. The van der Waals surface area contributed by atoms with Gasteiger partial charge >= 0.3 is 0 Å². The van der Waals surface area contributed by atoms with E-state index >= 15 is 0 Å². The summed E-state index contributed by atoms with van der Waals surface area (Å²) in [6.07, 6.45) is 7.11. The van der Waals surface area contributed by atoms with Gasteiger partial charge in [-0.2, -0.15) is 0 Å². The second-order valence-corrected chi connectivity index (χ2v) is 7.74. The van der Waals surface area contributed by atoms with E-state index in [-0.39, 0.29) is 35.5 Å². The van der Waals surface area contributed by atoms with E-state index in [1.165, 1.54) is 24.8 Å². The number of allylic oxidation sites excluding steroid dienone is 1. The van der Waals surface area contributed by atoms with Gasteiger partial charge in [0.2, 0.25) is 0 Å². The predicted octanol–water partition coefficient (Wildman–Crippen LogP) is 3.36. The van der Waals surface area contributed by atoms with Crippen LogP contribution in [0.5, 0.6) is 23.0 Å². The standard InChI is InChI=1S/C26H26N8O5/c1-4-38-21(12-32-24-14-30-22(27)13-33-24)25(28)26(35)34-23-6-5-15(11-31-23)39-18-7-8-29-17-10-20(37-3)19(36-2)9-16(17)18/h5-14H,4,28H2,1-3H3,(H2,27,30)(H,31,34,35). The summed E-state index contributed by atoms with van der Waals surface area (Å²) in [5.41, 5.74) is 12.0. The van der Waals surface area contributed by atoms with Gasteiger partial charge in [0.05, 0.1) is 51.1 Å². The fraction of sp³-hybridized carbons (Fsp3) is 0.154. The molecule has 1 aromatic carbocycles. The van der Waals surface area contributed by atoms with E-state index in [1.807, 2.05) is 0 Å². The maximum Gasteiger partial charge on any atom is 0.276 e. The lowest BCUT2D eigenvalue weighted by Gasteiger charge is -2.12. The first-order valence-electron chi connectivity index (χ1n) is 11.6. The molecule has 0 saturated heterocycles. The molecule has 39 heavy (non-hydrogen) atoms. The highest BCUT2D eigenvalue weighted by Gasteiger charge is 2.15. The molecule has 13 heteroatoms. The van der Waals surface area contributed by atoms with Crippen molar-refractivity contribution in [1.29, 1.82) is 0 Å². The minimum absolute atomic E-state index is 0.0604. The average molecular weight is 531 g/mol. The lowest BCUT2D eigenvalue weighted by molar-refractivity contribution is -0.113. The molecule has 200 valence electrons. The van der Waals surface area contributed by atoms with E-state index in [1.54, 1.807) is 57.7 Å². The molecule has 0 aliphatic carbocycles. The summed E-state index contributed by atoms with van der Waals surface area (Å²) in [5, 5.41) is 3.34. The van der Waals surface area contributed by atoms with Crippen LogP contribution in [0, 0.1) is 0 Å². The number of nitrogens with two attached hydrogens (primary N) is 2. The largest absolute Gasteiger partial charge is 0.493 e. The van der Waals surface area contributed by atoms with Gasteiger partial charge in [-0.3, -0.25) is 9.78 Å². The molecule has 4 aromatic rings. The molecule has 0 atom stereocenters. The maximum absolute atomic E-state index is 12.7. The number of nitrogens with zero attached hydrogens (tertiary/aromatic N) is 5. The Morgan fingerprint density at radius 2 is 1.79 bits per heavy atom. The lowest BCUT2D eigenvalue weighted by atomic mass is 10.2. The number of pyridine rings is 2. The quantitative estimate of drug-likeness (QED) is 0.155. The molecule has 0 bridgehead atoms. The smallest absolute Gasteiger partial charge is 0.276 e. The lowest BCUT2D eigenvalue weighted by Crippen LogP contribution is -2.23. The molecule has 0 aliphatic rings. The fourth-order valence-electron chi connectivity index (χ4n) is 3.34. The first-order chi connectivity index (χ1) is 18.9. The van der Waals surface area contributed by atoms with Crippen LogP contribution in [-0.4, -0.2) is 52.9 Å². The Kier molecular flexibility index (Phi) is 8.31. The van der Waals surface area contributed by atoms with Crippen molar-refractivity contribution in [2.75, 3.05) is 31.9 Å². The third kappa shape index (κ3) is 6.46. The van der Waals surface area contributed by atoms with Crippen LogP contribution in [0.25, 0.3) is 10.9 Å². The highest BCUT2D eigenvalue weighted by Crippen LogP contribution is 2.36. The van der Waals surface area contributed by atoms with Crippen molar-refractivity contribution in [1.82, 2.24) is 19.9 Å². The minimum atomic E-state index is -0.629. The van der Waals surface area contributed by atoms with E-state index in [4.69, 9.17) is 30.4 Å². The van der Waals surface area contributed by atoms with Crippen molar-refractivity contribution in [3.63, 3.8) is 0 Å². The number of methoxy groups -OCH3 is 2. The number of nitrogens with one attached hydrogen (secondary N) is 1. The van der Waals surface area contributed by atoms with Crippen molar-refractivity contribution in [3.8, 4) is 23.0 Å². The van der Waals surface area contributed by atoms with Crippen molar-refractivity contribution in [2.24, 2.45) is 10.7 Å². The van der Waals surface area contributed by atoms with Crippen LogP contribution >= 0.6 is 0 Å². The summed E-state index contributed by atoms with van der Waals surface area (Å²) >= 11 is 0. The molecule has 0 fully saturated rings. The number of fused-ring (bicyclic) bond motifs is 1. The number of ether oxygens (including phenoxy) is 4. The zero-order chi connectivity index (χ0) is 27.8.